The molecule has 0 aliphatic rings. The maximum absolute atomic E-state index is 12.7. The number of thiazole rings is 1. The molecule has 6 nitrogen and oxygen atoms in total. The zero-order valence-corrected chi connectivity index (χ0v) is 17.8. The van der Waals surface area contributed by atoms with Crippen molar-refractivity contribution in [2.24, 2.45) is 4.99 Å². The Morgan fingerprint density at radius 3 is 2.48 bits per heavy atom. The van der Waals surface area contributed by atoms with E-state index in [1.54, 1.807) is 28.8 Å². The van der Waals surface area contributed by atoms with Gasteiger partial charge in [0.25, 0.3) is 5.91 Å². The van der Waals surface area contributed by atoms with Crippen LogP contribution in [0.15, 0.2) is 47.5 Å². The van der Waals surface area contributed by atoms with E-state index in [2.05, 4.69) is 18.0 Å². The van der Waals surface area contributed by atoms with Gasteiger partial charge in [-0.25, -0.2) is 0 Å². The van der Waals surface area contributed by atoms with E-state index >= 15 is 0 Å². The number of carbonyl (C=O) groups excluding carboxylic acids is 2. The molecule has 0 unspecified atom stereocenters. The molecule has 0 aliphatic heterocycles. The Labute approximate surface area is 173 Å². The van der Waals surface area contributed by atoms with Crippen molar-refractivity contribution in [3.05, 3.63) is 58.4 Å². The molecule has 3 rings (SSSR count). The smallest absolute Gasteiger partial charge is 0.325 e. The monoisotopic (exact) mass is 412 g/mol. The van der Waals surface area contributed by atoms with E-state index < -0.39 is 5.97 Å². The van der Waals surface area contributed by atoms with E-state index in [1.165, 1.54) is 24.0 Å². The van der Waals surface area contributed by atoms with Gasteiger partial charge in [0.05, 0.1) is 23.4 Å². The van der Waals surface area contributed by atoms with Gasteiger partial charge >= 0.3 is 5.97 Å². The summed E-state index contributed by atoms with van der Waals surface area (Å²) in [5, 5.41) is 0. The van der Waals surface area contributed by atoms with Gasteiger partial charge in [0.15, 0.2) is 4.80 Å². The fourth-order valence-corrected chi connectivity index (χ4v) is 3.96. The van der Waals surface area contributed by atoms with E-state index in [4.69, 9.17) is 9.47 Å². The molecule has 2 aromatic carbocycles. The Morgan fingerprint density at radius 1 is 1.14 bits per heavy atom. The molecule has 0 atom stereocenters. The van der Waals surface area contributed by atoms with E-state index in [9.17, 15) is 9.59 Å². The number of aryl methyl sites for hydroxylation is 1. The molecule has 0 aliphatic carbocycles. The lowest BCUT2D eigenvalue weighted by atomic mass is 10.2. The first-order chi connectivity index (χ1) is 13.9. The average Bonchev–Trinajstić information content (AvgIpc) is 3.03. The van der Waals surface area contributed by atoms with Crippen molar-refractivity contribution in [1.82, 2.24) is 4.57 Å². The fraction of sp³-hybridized carbons (Fsp3) is 0.318. The Morgan fingerprint density at radius 2 is 1.86 bits per heavy atom. The zero-order chi connectivity index (χ0) is 21.0. The van der Waals surface area contributed by atoms with Gasteiger partial charge in [-0.15, -0.1) is 0 Å². The van der Waals surface area contributed by atoms with Crippen LogP contribution in [0.2, 0.25) is 0 Å². The number of fused-ring (bicyclic) bond motifs is 1. The number of methoxy groups -OCH3 is 1. The Hall–Kier alpha value is -2.93. The first kappa shape index (κ1) is 20.8. The molecule has 1 heterocycles. The quantitative estimate of drug-likeness (QED) is 0.575. The summed E-state index contributed by atoms with van der Waals surface area (Å²) in [4.78, 5) is 29.4. The summed E-state index contributed by atoms with van der Waals surface area (Å²) in [5.74, 6) is -0.0680. The van der Waals surface area contributed by atoms with Crippen LogP contribution >= 0.6 is 11.3 Å². The lowest BCUT2D eigenvalue weighted by Gasteiger charge is -2.09. The number of hydrogen-bond acceptors (Lipinski definition) is 5. The molecule has 152 valence electrons. The summed E-state index contributed by atoms with van der Waals surface area (Å²) in [6, 6.07) is 12.9. The highest BCUT2D eigenvalue weighted by atomic mass is 32.1. The van der Waals surface area contributed by atoms with Crippen LogP contribution in [0.3, 0.4) is 0 Å². The van der Waals surface area contributed by atoms with Crippen molar-refractivity contribution in [1.29, 1.82) is 0 Å². The largest absolute Gasteiger partial charge is 0.491 e. The molecule has 0 fully saturated rings. The number of benzene rings is 2. The highest BCUT2D eigenvalue weighted by Crippen LogP contribution is 2.20. The van der Waals surface area contributed by atoms with Crippen LogP contribution in [0.1, 0.15) is 36.7 Å². The molecule has 0 spiro atoms. The molecular formula is C22H24N2O4S. The van der Waals surface area contributed by atoms with E-state index in [1.807, 2.05) is 26.0 Å². The van der Waals surface area contributed by atoms with E-state index in [0.717, 1.165) is 16.6 Å². The molecule has 3 aromatic rings. The predicted molar refractivity (Wildman–Crippen MR) is 113 cm³/mol. The van der Waals surface area contributed by atoms with Crippen LogP contribution in [0.25, 0.3) is 10.2 Å². The number of esters is 1. The minimum Gasteiger partial charge on any atom is -0.491 e. The molecule has 0 saturated heterocycles. The molecule has 0 N–H and O–H groups in total. The van der Waals surface area contributed by atoms with E-state index in [0.29, 0.717) is 16.1 Å². The summed E-state index contributed by atoms with van der Waals surface area (Å²) in [6.07, 6.45) is 0.964. The summed E-state index contributed by atoms with van der Waals surface area (Å²) >= 11 is 1.38. The maximum atomic E-state index is 12.7. The van der Waals surface area contributed by atoms with Gasteiger partial charge < -0.3 is 14.0 Å². The third kappa shape index (κ3) is 4.92. The van der Waals surface area contributed by atoms with Crippen LogP contribution in [0.5, 0.6) is 5.75 Å². The fourth-order valence-electron chi connectivity index (χ4n) is 2.87. The second-order valence-corrected chi connectivity index (χ2v) is 7.82. The third-order valence-corrected chi connectivity index (χ3v) is 5.38. The predicted octanol–water partition coefficient (Wildman–Crippen LogP) is 3.97. The van der Waals surface area contributed by atoms with Gasteiger partial charge in [0.2, 0.25) is 0 Å². The maximum Gasteiger partial charge on any atom is 0.325 e. The summed E-state index contributed by atoms with van der Waals surface area (Å²) in [6.45, 7) is 5.97. The number of carbonyl (C=O) groups is 2. The highest BCUT2D eigenvalue weighted by molar-refractivity contribution is 7.16. The normalized spacial score (nSPS) is 11.8. The van der Waals surface area contributed by atoms with Crippen LogP contribution in [0, 0.1) is 0 Å². The first-order valence-electron chi connectivity index (χ1n) is 9.46. The average molecular weight is 413 g/mol. The zero-order valence-electron chi connectivity index (χ0n) is 17.0. The molecule has 0 bridgehead atoms. The van der Waals surface area contributed by atoms with Crippen LogP contribution < -0.4 is 9.54 Å². The topological polar surface area (TPSA) is 69.9 Å². The van der Waals surface area contributed by atoms with Gasteiger partial charge in [0, 0.05) is 5.56 Å². The van der Waals surface area contributed by atoms with Crippen LogP contribution in [0.4, 0.5) is 0 Å². The minimum atomic E-state index is -0.395. The molecule has 0 radical (unpaired) electrons. The Balaban J connectivity index is 2.02. The van der Waals surface area contributed by atoms with Gasteiger partial charge in [-0.05, 0) is 62.2 Å². The van der Waals surface area contributed by atoms with Crippen molar-refractivity contribution in [3.63, 3.8) is 0 Å². The number of rotatable bonds is 6. The number of amides is 1. The van der Waals surface area contributed by atoms with Crippen molar-refractivity contribution in [2.75, 3.05) is 7.11 Å². The number of ether oxygens (including phenoxy) is 2. The van der Waals surface area contributed by atoms with Crippen molar-refractivity contribution in [3.8, 4) is 5.75 Å². The number of hydrogen-bond donors (Lipinski definition) is 0. The van der Waals surface area contributed by atoms with Gasteiger partial charge in [0.1, 0.15) is 12.3 Å². The molecule has 0 saturated carbocycles. The number of nitrogens with zero attached hydrogens (tertiary/aromatic N) is 2. The van der Waals surface area contributed by atoms with Crippen LogP contribution in [-0.2, 0) is 22.5 Å². The Bertz CT molecular complexity index is 1090. The first-order valence-corrected chi connectivity index (χ1v) is 10.3. The van der Waals surface area contributed by atoms with Gasteiger partial charge in [-0.3, -0.25) is 9.59 Å². The minimum absolute atomic E-state index is 0.00471. The van der Waals surface area contributed by atoms with Gasteiger partial charge in [-0.2, -0.15) is 4.99 Å². The van der Waals surface area contributed by atoms with Crippen molar-refractivity contribution in [2.45, 2.75) is 39.8 Å². The number of aromatic nitrogens is 1. The van der Waals surface area contributed by atoms with Crippen molar-refractivity contribution < 1.29 is 19.1 Å². The second-order valence-electron chi connectivity index (χ2n) is 6.81. The summed E-state index contributed by atoms with van der Waals surface area (Å²) in [5.41, 5.74) is 2.49. The molecule has 29 heavy (non-hydrogen) atoms. The van der Waals surface area contributed by atoms with Crippen LogP contribution in [-0.4, -0.2) is 29.7 Å². The molecule has 1 aromatic heterocycles. The second kappa shape index (κ2) is 9.05. The third-order valence-electron chi connectivity index (χ3n) is 4.34. The summed E-state index contributed by atoms with van der Waals surface area (Å²) in [7, 11) is 1.34. The highest BCUT2D eigenvalue weighted by Gasteiger charge is 2.13. The van der Waals surface area contributed by atoms with E-state index in [-0.39, 0.29) is 18.6 Å². The lowest BCUT2D eigenvalue weighted by molar-refractivity contribution is -0.141. The SMILES string of the molecule is CCc1ccc2c(c1)sc(=NC(=O)c1ccc(OC(C)C)cc1)n2CC(=O)OC. The van der Waals surface area contributed by atoms with Crippen molar-refractivity contribution >= 4 is 33.4 Å². The standard InChI is InChI=1S/C22H24N2O4S/c1-5-15-6-11-18-19(12-15)29-22(24(18)13-20(25)27-4)23-21(26)16-7-9-17(10-8-16)28-14(2)3/h6-12,14H,5,13H2,1-4H3. The Kier molecular flexibility index (Phi) is 6.49. The summed E-state index contributed by atoms with van der Waals surface area (Å²) < 4.78 is 13.1. The molecule has 1 amide bonds. The molecular weight excluding hydrogens is 388 g/mol. The van der Waals surface area contributed by atoms with Gasteiger partial charge in [-0.1, -0.05) is 24.3 Å². The molecule has 7 heteroatoms. The lowest BCUT2D eigenvalue weighted by Crippen LogP contribution is -2.22.